The van der Waals surface area contributed by atoms with E-state index in [4.69, 9.17) is 4.74 Å². The Morgan fingerprint density at radius 1 is 1.16 bits per heavy atom. The molecular formula is C25H31N3O3S. The standard InChI is InChI=1S/C25H31N3O3S/c1-18-7-9-20(10-8-18)24(30)28-15-12-25(13-16-28)27-21(17-32-25)23(29)26-14-11-19-5-3-4-6-22(19)31-2/h3-10,21,27H,11-17H2,1-2H3,(H,26,29). The van der Waals surface area contributed by atoms with Crippen molar-refractivity contribution in [1.29, 1.82) is 0 Å². The number of carbonyl (C=O) groups excluding carboxylic acids is 2. The van der Waals surface area contributed by atoms with Crippen LogP contribution in [0.2, 0.25) is 0 Å². The van der Waals surface area contributed by atoms with Crippen LogP contribution in [0.25, 0.3) is 0 Å². The molecule has 2 amide bonds. The first-order chi connectivity index (χ1) is 15.5. The SMILES string of the molecule is COc1ccccc1CCNC(=O)C1CSC2(CCN(C(=O)c3ccc(C)cc3)CC2)N1. The zero-order valence-corrected chi connectivity index (χ0v) is 19.5. The third kappa shape index (κ3) is 5.10. The van der Waals surface area contributed by atoms with Crippen molar-refractivity contribution < 1.29 is 14.3 Å². The van der Waals surface area contributed by atoms with Gasteiger partial charge in [0.25, 0.3) is 5.91 Å². The number of likely N-dealkylation sites (tertiary alicyclic amines) is 1. The van der Waals surface area contributed by atoms with E-state index in [0.717, 1.165) is 47.5 Å². The molecule has 2 saturated heterocycles. The van der Waals surface area contributed by atoms with Gasteiger partial charge in [-0.2, -0.15) is 0 Å². The summed E-state index contributed by atoms with van der Waals surface area (Å²) in [4.78, 5) is 27.3. The number of amides is 2. The maximum atomic E-state index is 12.8. The summed E-state index contributed by atoms with van der Waals surface area (Å²) in [5.41, 5.74) is 2.98. The van der Waals surface area contributed by atoms with Crippen LogP contribution in [0.5, 0.6) is 5.75 Å². The van der Waals surface area contributed by atoms with E-state index in [1.165, 1.54) is 0 Å². The van der Waals surface area contributed by atoms with Gasteiger partial charge in [0.15, 0.2) is 0 Å². The molecule has 2 fully saturated rings. The fourth-order valence-corrected chi connectivity index (χ4v) is 5.79. The van der Waals surface area contributed by atoms with Gasteiger partial charge in [0.05, 0.1) is 18.0 Å². The van der Waals surface area contributed by atoms with E-state index in [-0.39, 0.29) is 22.7 Å². The summed E-state index contributed by atoms with van der Waals surface area (Å²) in [6.07, 6.45) is 2.43. The minimum absolute atomic E-state index is 0.0439. The molecule has 1 atom stereocenters. The van der Waals surface area contributed by atoms with Crippen LogP contribution < -0.4 is 15.4 Å². The molecule has 1 unspecified atom stereocenters. The average Bonchev–Trinajstić information content (AvgIpc) is 3.23. The van der Waals surface area contributed by atoms with Gasteiger partial charge in [-0.3, -0.25) is 14.9 Å². The molecule has 0 aromatic heterocycles. The second kappa shape index (κ2) is 9.96. The lowest BCUT2D eigenvalue weighted by Crippen LogP contribution is -2.54. The van der Waals surface area contributed by atoms with Crippen LogP contribution in [0.1, 0.15) is 34.3 Å². The van der Waals surface area contributed by atoms with Gasteiger partial charge in [-0.1, -0.05) is 35.9 Å². The zero-order chi connectivity index (χ0) is 22.6. The number of thioether (sulfide) groups is 1. The van der Waals surface area contributed by atoms with Gasteiger partial charge in [0, 0.05) is 31.0 Å². The summed E-state index contributed by atoms with van der Waals surface area (Å²) in [6, 6.07) is 15.4. The molecule has 2 heterocycles. The van der Waals surface area contributed by atoms with Gasteiger partial charge in [0.1, 0.15) is 5.75 Å². The quantitative estimate of drug-likeness (QED) is 0.704. The summed E-state index contributed by atoms with van der Waals surface area (Å²) in [5.74, 6) is 1.74. The van der Waals surface area contributed by atoms with Crippen LogP contribution in [-0.4, -0.2) is 60.1 Å². The summed E-state index contributed by atoms with van der Waals surface area (Å²) < 4.78 is 5.38. The number of para-hydroxylation sites is 1. The number of piperidine rings is 1. The predicted octanol–water partition coefficient (Wildman–Crippen LogP) is 3.00. The zero-order valence-electron chi connectivity index (χ0n) is 18.7. The number of methoxy groups -OCH3 is 1. The van der Waals surface area contributed by atoms with Crippen molar-refractivity contribution in [3.63, 3.8) is 0 Å². The van der Waals surface area contributed by atoms with Crippen LogP contribution in [0.15, 0.2) is 48.5 Å². The molecule has 32 heavy (non-hydrogen) atoms. The second-order valence-corrected chi connectivity index (χ2v) is 9.92. The molecule has 0 bridgehead atoms. The molecule has 0 saturated carbocycles. The van der Waals surface area contributed by atoms with Crippen molar-refractivity contribution in [1.82, 2.24) is 15.5 Å². The molecule has 2 aromatic rings. The Morgan fingerprint density at radius 3 is 2.59 bits per heavy atom. The molecule has 6 nitrogen and oxygen atoms in total. The number of hydrogen-bond acceptors (Lipinski definition) is 5. The Hall–Kier alpha value is -2.51. The second-order valence-electron chi connectivity index (χ2n) is 8.51. The normalized spacial score (nSPS) is 19.7. The van der Waals surface area contributed by atoms with Gasteiger partial charge in [-0.25, -0.2) is 0 Å². The van der Waals surface area contributed by atoms with Gasteiger partial charge in [0.2, 0.25) is 5.91 Å². The summed E-state index contributed by atoms with van der Waals surface area (Å²) in [6.45, 7) is 4.00. The van der Waals surface area contributed by atoms with Crippen LogP contribution in [0.3, 0.4) is 0 Å². The van der Waals surface area contributed by atoms with E-state index >= 15 is 0 Å². The molecular weight excluding hydrogens is 422 g/mol. The molecule has 2 aliphatic heterocycles. The lowest BCUT2D eigenvalue weighted by molar-refractivity contribution is -0.122. The molecule has 0 radical (unpaired) electrons. The maximum absolute atomic E-state index is 12.8. The predicted molar refractivity (Wildman–Crippen MR) is 128 cm³/mol. The first-order valence-electron chi connectivity index (χ1n) is 11.2. The largest absolute Gasteiger partial charge is 0.496 e. The van der Waals surface area contributed by atoms with E-state index in [2.05, 4.69) is 10.6 Å². The van der Waals surface area contributed by atoms with Crippen molar-refractivity contribution in [3.05, 3.63) is 65.2 Å². The monoisotopic (exact) mass is 453 g/mol. The number of ether oxygens (including phenoxy) is 1. The van der Waals surface area contributed by atoms with Crippen molar-refractivity contribution >= 4 is 23.6 Å². The van der Waals surface area contributed by atoms with Crippen molar-refractivity contribution in [2.45, 2.75) is 37.1 Å². The Morgan fingerprint density at radius 2 is 1.88 bits per heavy atom. The summed E-state index contributed by atoms with van der Waals surface area (Å²) in [7, 11) is 1.66. The van der Waals surface area contributed by atoms with E-state index < -0.39 is 0 Å². The Kier molecular flexibility index (Phi) is 7.06. The van der Waals surface area contributed by atoms with E-state index in [1.54, 1.807) is 7.11 Å². The highest BCUT2D eigenvalue weighted by Gasteiger charge is 2.44. The van der Waals surface area contributed by atoms with Gasteiger partial charge in [-0.15, -0.1) is 11.8 Å². The van der Waals surface area contributed by atoms with E-state index in [0.29, 0.717) is 19.6 Å². The molecule has 4 rings (SSSR count). The Labute approximate surface area is 194 Å². The molecule has 2 aromatic carbocycles. The fourth-order valence-electron chi connectivity index (χ4n) is 4.38. The number of aryl methyl sites for hydroxylation is 1. The van der Waals surface area contributed by atoms with Gasteiger partial charge >= 0.3 is 0 Å². The highest BCUT2D eigenvalue weighted by Crippen LogP contribution is 2.39. The van der Waals surface area contributed by atoms with Crippen LogP contribution >= 0.6 is 11.8 Å². The number of carbonyl (C=O) groups is 2. The topological polar surface area (TPSA) is 70.7 Å². The van der Waals surface area contributed by atoms with Crippen molar-refractivity contribution in [3.8, 4) is 5.75 Å². The smallest absolute Gasteiger partial charge is 0.253 e. The minimum atomic E-state index is -0.197. The minimum Gasteiger partial charge on any atom is -0.496 e. The first kappa shape index (κ1) is 22.7. The average molecular weight is 454 g/mol. The fraction of sp³-hybridized carbons (Fsp3) is 0.440. The highest BCUT2D eigenvalue weighted by molar-refractivity contribution is 8.01. The summed E-state index contributed by atoms with van der Waals surface area (Å²) >= 11 is 1.82. The third-order valence-corrected chi connectivity index (χ3v) is 7.90. The molecule has 170 valence electrons. The van der Waals surface area contributed by atoms with Crippen molar-refractivity contribution in [2.24, 2.45) is 0 Å². The number of benzene rings is 2. The van der Waals surface area contributed by atoms with Gasteiger partial charge < -0.3 is 15.0 Å². The van der Waals surface area contributed by atoms with Crippen LogP contribution in [0.4, 0.5) is 0 Å². The summed E-state index contributed by atoms with van der Waals surface area (Å²) in [5, 5.41) is 6.64. The van der Waals surface area contributed by atoms with Crippen LogP contribution in [-0.2, 0) is 11.2 Å². The van der Waals surface area contributed by atoms with E-state index in [9.17, 15) is 9.59 Å². The molecule has 0 aliphatic carbocycles. The van der Waals surface area contributed by atoms with Gasteiger partial charge in [-0.05, 0) is 49.9 Å². The molecule has 7 heteroatoms. The third-order valence-electron chi connectivity index (χ3n) is 6.32. The number of nitrogens with zero attached hydrogens (tertiary/aromatic N) is 1. The molecule has 1 spiro atoms. The number of hydrogen-bond donors (Lipinski definition) is 2. The highest BCUT2D eigenvalue weighted by atomic mass is 32.2. The lowest BCUT2D eigenvalue weighted by atomic mass is 10.0. The maximum Gasteiger partial charge on any atom is 0.253 e. The van der Waals surface area contributed by atoms with Crippen LogP contribution in [0, 0.1) is 6.92 Å². The van der Waals surface area contributed by atoms with E-state index in [1.807, 2.05) is 72.1 Å². The number of nitrogens with one attached hydrogen (secondary N) is 2. The first-order valence-corrected chi connectivity index (χ1v) is 12.2. The van der Waals surface area contributed by atoms with Crippen molar-refractivity contribution in [2.75, 3.05) is 32.5 Å². The Balaban J connectivity index is 1.25. The Bertz CT molecular complexity index is 955. The molecule has 2 aliphatic rings. The lowest BCUT2D eigenvalue weighted by Gasteiger charge is -2.39. The molecule has 2 N–H and O–H groups in total. The number of rotatable bonds is 6.